The second kappa shape index (κ2) is 9.23. The number of halogens is 1. The molecule has 0 spiro atoms. The van der Waals surface area contributed by atoms with Gasteiger partial charge in [-0.15, -0.1) is 0 Å². The van der Waals surface area contributed by atoms with E-state index < -0.39 is 17.1 Å². The zero-order valence-corrected chi connectivity index (χ0v) is 17.9. The van der Waals surface area contributed by atoms with Crippen LogP contribution in [0.1, 0.15) is 18.2 Å². The van der Waals surface area contributed by atoms with E-state index in [4.69, 9.17) is 4.42 Å². The summed E-state index contributed by atoms with van der Waals surface area (Å²) in [4.78, 5) is 38.3. The summed E-state index contributed by atoms with van der Waals surface area (Å²) in [6, 6.07) is 16.5. The van der Waals surface area contributed by atoms with E-state index in [1.165, 1.54) is 18.2 Å². The second-order valence-corrected chi connectivity index (χ2v) is 8.07. The number of carbonyl (C=O) groups is 3. The number of nitrogens with one attached hydrogen (secondary N) is 1. The third kappa shape index (κ3) is 4.81. The third-order valence-electron chi connectivity index (χ3n) is 4.85. The quantitative estimate of drug-likeness (QED) is 0.514. The molecule has 1 aliphatic rings. The number of imide groups is 1. The molecule has 6 nitrogen and oxygen atoms in total. The fourth-order valence-electron chi connectivity index (χ4n) is 3.13. The molecule has 0 saturated carbocycles. The van der Waals surface area contributed by atoms with Crippen LogP contribution in [0.5, 0.6) is 0 Å². The zero-order chi connectivity index (χ0) is 22.7. The number of thioether (sulfide) groups is 1. The van der Waals surface area contributed by atoms with Gasteiger partial charge in [0, 0.05) is 17.3 Å². The molecule has 1 N–H and O–H groups in total. The van der Waals surface area contributed by atoms with Crippen LogP contribution < -0.4 is 5.32 Å². The van der Waals surface area contributed by atoms with Crippen LogP contribution in [0.3, 0.4) is 0 Å². The van der Waals surface area contributed by atoms with Crippen molar-refractivity contribution >= 4 is 40.6 Å². The number of nitrogens with zero attached hydrogens (tertiary/aromatic N) is 1. The molecule has 2 aromatic carbocycles. The minimum Gasteiger partial charge on any atom is -0.457 e. The predicted octanol–water partition coefficient (Wildman–Crippen LogP) is 5.32. The molecule has 1 aliphatic heterocycles. The van der Waals surface area contributed by atoms with Crippen LogP contribution in [-0.2, 0) is 16.0 Å². The lowest BCUT2D eigenvalue weighted by atomic mass is 10.1. The maximum atomic E-state index is 13.1. The molecule has 2 heterocycles. The van der Waals surface area contributed by atoms with E-state index in [0.717, 1.165) is 28.6 Å². The summed E-state index contributed by atoms with van der Waals surface area (Å²) >= 11 is 0.746. The molecule has 0 atom stereocenters. The molecule has 3 aromatic rings. The van der Waals surface area contributed by atoms with Crippen molar-refractivity contribution in [1.29, 1.82) is 0 Å². The summed E-state index contributed by atoms with van der Waals surface area (Å²) in [5.74, 6) is -0.499. The number of anilines is 1. The molecule has 0 unspecified atom stereocenters. The van der Waals surface area contributed by atoms with Gasteiger partial charge in [0.2, 0.25) is 5.91 Å². The Labute approximate surface area is 188 Å². The zero-order valence-electron chi connectivity index (χ0n) is 17.1. The van der Waals surface area contributed by atoms with Crippen molar-refractivity contribution in [3.8, 4) is 11.3 Å². The van der Waals surface area contributed by atoms with Gasteiger partial charge in [-0.3, -0.25) is 19.3 Å². The van der Waals surface area contributed by atoms with Gasteiger partial charge in [0.25, 0.3) is 11.1 Å². The summed E-state index contributed by atoms with van der Waals surface area (Å²) < 4.78 is 18.8. The van der Waals surface area contributed by atoms with E-state index >= 15 is 0 Å². The van der Waals surface area contributed by atoms with Crippen molar-refractivity contribution in [2.45, 2.75) is 13.3 Å². The van der Waals surface area contributed by atoms with Crippen molar-refractivity contribution in [1.82, 2.24) is 4.90 Å². The molecular formula is C24H19FN2O4S. The molecule has 1 fully saturated rings. The molecule has 8 heteroatoms. The average Bonchev–Trinajstić information content (AvgIpc) is 3.35. The lowest BCUT2D eigenvalue weighted by Crippen LogP contribution is -2.36. The molecule has 0 aliphatic carbocycles. The Morgan fingerprint density at radius 1 is 1.06 bits per heavy atom. The van der Waals surface area contributed by atoms with E-state index in [1.807, 2.05) is 19.1 Å². The Hall–Kier alpha value is -3.65. The Morgan fingerprint density at radius 3 is 2.47 bits per heavy atom. The molecular weight excluding hydrogens is 431 g/mol. The number of amides is 3. The number of benzene rings is 2. The minimum atomic E-state index is -0.559. The molecule has 162 valence electrons. The molecule has 3 amide bonds. The molecule has 4 rings (SSSR count). The van der Waals surface area contributed by atoms with Crippen LogP contribution in [0.4, 0.5) is 14.9 Å². The molecule has 32 heavy (non-hydrogen) atoms. The van der Waals surface area contributed by atoms with Gasteiger partial charge in [-0.2, -0.15) is 0 Å². The predicted molar refractivity (Wildman–Crippen MR) is 121 cm³/mol. The molecule has 0 bridgehead atoms. The summed E-state index contributed by atoms with van der Waals surface area (Å²) in [6.07, 6.45) is 2.34. The van der Waals surface area contributed by atoms with Crippen LogP contribution in [-0.4, -0.2) is 28.5 Å². The summed E-state index contributed by atoms with van der Waals surface area (Å²) in [7, 11) is 0. The van der Waals surface area contributed by atoms with Crippen molar-refractivity contribution in [2.75, 3.05) is 11.9 Å². The van der Waals surface area contributed by atoms with Crippen LogP contribution in [0.15, 0.2) is 70.0 Å². The molecule has 1 saturated heterocycles. The Bertz CT molecular complexity index is 1200. The van der Waals surface area contributed by atoms with Crippen molar-refractivity contribution in [2.24, 2.45) is 0 Å². The Kier molecular flexibility index (Phi) is 6.23. The van der Waals surface area contributed by atoms with Gasteiger partial charge in [0.15, 0.2) is 0 Å². The lowest BCUT2D eigenvalue weighted by molar-refractivity contribution is -0.127. The van der Waals surface area contributed by atoms with Gasteiger partial charge < -0.3 is 9.73 Å². The van der Waals surface area contributed by atoms with Crippen molar-refractivity contribution in [3.05, 3.63) is 82.7 Å². The van der Waals surface area contributed by atoms with Crippen LogP contribution in [0, 0.1) is 5.82 Å². The van der Waals surface area contributed by atoms with Crippen LogP contribution in [0.25, 0.3) is 17.4 Å². The highest BCUT2D eigenvalue weighted by Crippen LogP contribution is 2.33. The van der Waals surface area contributed by atoms with Gasteiger partial charge in [-0.25, -0.2) is 4.39 Å². The topological polar surface area (TPSA) is 79.6 Å². The first-order valence-electron chi connectivity index (χ1n) is 9.93. The van der Waals surface area contributed by atoms with E-state index in [1.54, 1.807) is 36.4 Å². The standard InChI is InChI=1S/C24H19FN2O4S/c1-2-15-3-9-18(10-4-15)26-22(28)14-27-23(29)21(32-24(27)30)13-19-11-12-20(31-19)16-5-7-17(25)8-6-16/h3-13H,2,14H2,1H3,(H,26,28). The first-order chi connectivity index (χ1) is 15.4. The fraction of sp³-hybridized carbons (Fsp3) is 0.125. The largest absolute Gasteiger partial charge is 0.457 e. The van der Waals surface area contributed by atoms with E-state index in [2.05, 4.69) is 5.32 Å². The number of hydrogen-bond donors (Lipinski definition) is 1. The first-order valence-corrected chi connectivity index (χ1v) is 10.7. The first kappa shape index (κ1) is 21.6. The summed E-state index contributed by atoms with van der Waals surface area (Å²) in [5, 5.41) is 2.17. The van der Waals surface area contributed by atoms with Crippen molar-refractivity contribution < 1.29 is 23.2 Å². The Balaban J connectivity index is 1.42. The minimum absolute atomic E-state index is 0.162. The number of carbonyl (C=O) groups excluding carboxylic acids is 3. The normalized spacial score (nSPS) is 14.9. The number of aryl methyl sites for hydroxylation is 1. The van der Waals surface area contributed by atoms with E-state index in [9.17, 15) is 18.8 Å². The van der Waals surface area contributed by atoms with E-state index in [-0.39, 0.29) is 17.3 Å². The maximum Gasteiger partial charge on any atom is 0.294 e. The van der Waals surface area contributed by atoms with Gasteiger partial charge >= 0.3 is 0 Å². The van der Waals surface area contributed by atoms with E-state index in [0.29, 0.717) is 22.8 Å². The van der Waals surface area contributed by atoms with Gasteiger partial charge in [-0.05, 0) is 72.3 Å². The monoisotopic (exact) mass is 450 g/mol. The Morgan fingerprint density at radius 2 is 1.78 bits per heavy atom. The molecule has 0 radical (unpaired) electrons. The fourth-order valence-corrected chi connectivity index (χ4v) is 3.95. The number of furan rings is 1. The van der Waals surface area contributed by atoms with Crippen LogP contribution >= 0.6 is 11.8 Å². The average molecular weight is 450 g/mol. The lowest BCUT2D eigenvalue weighted by Gasteiger charge is -2.12. The van der Waals surface area contributed by atoms with Gasteiger partial charge in [0.1, 0.15) is 23.9 Å². The van der Waals surface area contributed by atoms with Crippen LogP contribution in [0.2, 0.25) is 0 Å². The summed E-state index contributed by atoms with van der Waals surface area (Å²) in [6.45, 7) is 1.66. The van der Waals surface area contributed by atoms with Gasteiger partial charge in [0.05, 0.1) is 4.91 Å². The molecule has 1 aromatic heterocycles. The van der Waals surface area contributed by atoms with Crippen molar-refractivity contribution in [3.63, 3.8) is 0 Å². The van der Waals surface area contributed by atoms with Gasteiger partial charge in [-0.1, -0.05) is 19.1 Å². The SMILES string of the molecule is CCc1ccc(NC(=O)CN2C(=O)SC(=Cc3ccc(-c4ccc(F)cc4)o3)C2=O)cc1. The summed E-state index contributed by atoms with van der Waals surface area (Å²) in [5.41, 5.74) is 2.42. The highest BCUT2D eigenvalue weighted by atomic mass is 32.2. The number of hydrogen-bond acceptors (Lipinski definition) is 5. The number of rotatable bonds is 6. The highest BCUT2D eigenvalue weighted by Gasteiger charge is 2.36. The maximum absolute atomic E-state index is 13.1. The smallest absolute Gasteiger partial charge is 0.294 e. The second-order valence-electron chi connectivity index (χ2n) is 7.08. The highest BCUT2D eigenvalue weighted by molar-refractivity contribution is 8.18. The third-order valence-corrected chi connectivity index (χ3v) is 5.76.